The molecule has 17 heavy (non-hydrogen) atoms. The Hall–Kier alpha value is -0.490. The maximum Gasteiger partial charge on any atom is 0.358 e. The largest absolute Gasteiger partial charge is 0.460 e. The molecular weight excluding hydrogens is 294 g/mol. The van der Waals surface area contributed by atoms with Crippen molar-refractivity contribution in [3.63, 3.8) is 0 Å². The lowest BCUT2D eigenvalue weighted by molar-refractivity contribution is -0.149. The van der Waals surface area contributed by atoms with Crippen molar-refractivity contribution >= 4 is 46.7 Å². The van der Waals surface area contributed by atoms with Gasteiger partial charge in [-0.05, 0) is 6.92 Å². The summed E-state index contributed by atoms with van der Waals surface area (Å²) >= 11 is 15.6. The first-order valence-electron chi connectivity index (χ1n) is 4.39. The number of carbonyl (C=O) groups is 2. The second kappa shape index (κ2) is 7.06. The van der Waals surface area contributed by atoms with Gasteiger partial charge in [0.15, 0.2) is 0 Å². The molecule has 0 spiro atoms. The molecule has 0 fully saturated rings. The molecule has 8 heteroatoms. The Morgan fingerprint density at radius 2 is 1.76 bits per heavy atom. The highest BCUT2D eigenvalue weighted by Crippen LogP contribution is 2.27. The minimum Gasteiger partial charge on any atom is -0.460 e. The molecule has 0 aromatic rings. The van der Waals surface area contributed by atoms with E-state index in [2.05, 4.69) is 16.1 Å². The molecule has 0 saturated carbocycles. The van der Waals surface area contributed by atoms with Gasteiger partial charge < -0.3 is 14.6 Å². The molecule has 0 radical (unpaired) electrons. The molecule has 0 bridgehead atoms. The number of halogens is 3. The normalized spacial score (nSPS) is 12.8. The van der Waals surface area contributed by atoms with Crippen molar-refractivity contribution < 1.29 is 24.2 Å². The maximum atomic E-state index is 11.0. The monoisotopic (exact) mass is 304 g/mol. The summed E-state index contributed by atoms with van der Waals surface area (Å²) in [4.78, 5) is 21.9. The maximum absolute atomic E-state index is 11.0. The highest BCUT2D eigenvalue weighted by molar-refractivity contribution is 6.75. The van der Waals surface area contributed by atoms with Crippen LogP contribution in [0, 0.1) is 0 Å². The zero-order valence-electron chi connectivity index (χ0n) is 8.91. The van der Waals surface area contributed by atoms with Gasteiger partial charge in [-0.2, -0.15) is 0 Å². The summed E-state index contributed by atoms with van der Waals surface area (Å²) in [6.07, 6.45) is -1.20. The summed E-state index contributed by atoms with van der Waals surface area (Å²) < 4.78 is 6.87. The Morgan fingerprint density at radius 1 is 1.29 bits per heavy atom. The van der Waals surface area contributed by atoms with Crippen molar-refractivity contribution in [2.75, 3.05) is 13.2 Å². The molecule has 1 atom stereocenters. The quantitative estimate of drug-likeness (QED) is 0.472. The summed E-state index contributed by atoms with van der Waals surface area (Å²) in [7, 11) is 0. The molecule has 0 aliphatic heterocycles. The second-order valence-corrected chi connectivity index (χ2v) is 5.41. The number of ether oxygens (including phenoxy) is 2. The van der Waals surface area contributed by atoms with Crippen LogP contribution < -0.4 is 0 Å². The zero-order valence-corrected chi connectivity index (χ0v) is 11.2. The number of hydrogen-bond donors (Lipinski definition) is 1. The van der Waals surface area contributed by atoms with Crippen molar-refractivity contribution in [3.8, 4) is 0 Å². The number of carbonyl (C=O) groups excluding carboxylic acids is 2. The van der Waals surface area contributed by atoms with Gasteiger partial charge in [0.1, 0.15) is 19.3 Å². The van der Waals surface area contributed by atoms with Crippen molar-refractivity contribution in [1.29, 1.82) is 0 Å². The Balaban J connectivity index is 3.89. The summed E-state index contributed by atoms with van der Waals surface area (Å²) in [5.74, 6) is -1.77. The van der Waals surface area contributed by atoms with Crippen molar-refractivity contribution in [3.05, 3.63) is 12.2 Å². The standard InChI is InChI=1S/C9H11Cl3O5/c1-5(2)7(14)16-3-6(13)4-17-8(15)9(10,11)12/h6,13H,1,3-4H2,2H3. The Kier molecular flexibility index (Phi) is 6.85. The van der Waals surface area contributed by atoms with Gasteiger partial charge in [-0.1, -0.05) is 41.4 Å². The van der Waals surface area contributed by atoms with E-state index in [1.807, 2.05) is 0 Å². The van der Waals surface area contributed by atoms with Gasteiger partial charge >= 0.3 is 11.9 Å². The number of aliphatic hydroxyl groups excluding tert-OH is 1. The zero-order chi connectivity index (χ0) is 13.6. The number of alkyl halides is 3. The molecular formula is C9H11Cl3O5. The minimum atomic E-state index is -2.20. The third-order valence-electron chi connectivity index (χ3n) is 1.39. The van der Waals surface area contributed by atoms with Gasteiger partial charge in [0, 0.05) is 5.57 Å². The highest BCUT2D eigenvalue weighted by Gasteiger charge is 2.33. The van der Waals surface area contributed by atoms with Crippen LogP contribution in [0.5, 0.6) is 0 Å². The lowest BCUT2D eigenvalue weighted by Gasteiger charge is -2.14. The first kappa shape index (κ1) is 16.5. The third-order valence-corrected chi connectivity index (χ3v) is 1.86. The summed E-state index contributed by atoms with van der Waals surface area (Å²) in [5.41, 5.74) is 0.190. The Labute approximate surface area is 113 Å². The molecule has 1 N–H and O–H groups in total. The molecule has 0 aliphatic carbocycles. The van der Waals surface area contributed by atoms with Crippen LogP contribution in [0.4, 0.5) is 0 Å². The van der Waals surface area contributed by atoms with Gasteiger partial charge in [-0.3, -0.25) is 0 Å². The van der Waals surface area contributed by atoms with Crippen LogP contribution in [0.25, 0.3) is 0 Å². The fourth-order valence-corrected chi connectivity index (χ4v) is 0.761. The fraction of sp³-hybridized carbons (Fsp3) is 0.556. The SMILES string of the molecule is C=C(C)C(=O)OCC(O)COC(=O)C(Cl)(Cl)Cl. The summed E-state index contributed by atoms with van der Waals surface area (Å²) in [6, 6.07) is 0. The van der Waals surface area contributed by atoms with Crippen molar-refractivity contribution in [1.82, 2.24) is 0 Å². The van der Waals surface area contributed by atoms with E-state index in [1.165, 1.54) is 6.92 Å². The Bertz CT molecular complexity index is 310. The van der Waals surface area contributed by atoms with Crippen LogP contribution in [0.3, 0.4) is 0 Å². The number of esters is 2. The predicted molar refractivity (Wildman–Crippen MR) is 63.0 cm³/mol. The molecule has 0 aromatic carbocycles. The van der Waals surface area contributed by atoms with Crippen molar-refractivity contribution in [2.45, 2.75) is 16.8 Å². The number of rotatable bonds is 5. The van der Waals surface area contributed by atoms with Crippen LogP contribution in [0.15, 0.2) is 12.2 Å². The van der Waals surface area contributed by atoms with E-state index >= 15 is 0 Å². The molecule has 98 valence electrons. The van der Waals surface area contributed by atoms with E-state index in [0.717, 1.165) is 0 Å². The molecule has 0 amide bonds. The number of aliphatic hydroxyl groups is 1. The van der Waals surface area contributed by atoms with E-state index in [-0.39, 0.29) is 12.2 Å². The van der Waals surface area contributed by atoms with Crippen molar-refractivity contribution in [2.24, 2.45) is 0 Å². The molecule has 0 saturated heterocycles. The van der Waals surface area contributed by atoms with E-state index in [0.29, 0.717) is 0 Å². The van der Waals surface area contributed by atoms with E-state index in [4.69, 9.17) is 34.8 Å². The summed E-state index contributed by atoms with van der Waals surface area (Å²) in [5, 5.41) is 9.28. The predicted octanol–water partition coefficient (Wildman–Crippen LogP) is 1.38. The van der Waals surface area contributed by atoms with Crippen LogP contribution in [-0.4, -0.2) is 40.2 Å². The summed E-state index contributed by atoms with van der Waals surface area (Å²) in [6.45, 7) is 4.00. The average Bonchev–Trinajstić information content (AvgIpc) is 2.20. The van der Waals surface area contributed by atoms with E-state index in [1.54, 1.807) is 0 Å². The topological polar surface area (TPSA) is 72.8 Å². The number of hydrogen-bond acceptors (Lipinski definition) is 5. The molecule has 0 rings (SSSR count). The molecule has 0 heterocycles. The second-order valence-electron chi connectivity index (χ2n) is 3.13. The molecule has 0 aromatic heterocycles. The molecule has 0 aliphatic rings. The van der Waals surface area contributed by atoms with Crippen LogP contribution in [-0.2, 0) is 19.1 Å². The smallest absolute Gasteiger partial charge is 0.358 e. The van der Waals surface area contributed by atoms with Crippen LogP contribution >= 0.6 is 34.8 Å². The molecule has 5 nitrogen and oxygen atoms in total. The van der Waals surface area contributed by atoms with Gasteiger partial charge in [0.05, 0.1) is 0 Å². The first-order valence-corrected chi connectivity index (χ1v) is 5.52. The third kappa shape index (κ3) is 7.44. The lowest BCUT2D eigenvalue weighted by Crippen LogP contribution is -2.29. The highest BCUT2D eigenvalue weighted by atomic mass is 35.6. The van der Waals surface area contributed by atoms with Gasteiger partial charge in [-0.25, -0.2) is 9.59 Å². The Morgan fingerprint density at radius 3 is 2.18 bits per heavy atom. The first-order chi connectivity index (χ1) is 7.64. The van der Waals surface area contributed by atoms with Crippen LogP contribution in [0.2, 0.25) is 0 Å². The van der Waals surface area contributed by atoms with Gasteiger partial charge in [0.25, 0.3) is 3.79 Å². The van der Waals surface area contributed by atoms with Gasteiger partial charge in [0.2, 0.25) is 0 Å². The van der Waals surface area contributed by atoms with E-state index < -0.39 is 28.4 Å². The molecule has 1 unspecified atom stereocenters. The fourth-order valence-electron chi connectivity index (χ4n) is 0.597. The van der Waals surface area contributed by atoms with E-state index in [9.17, 15) is 14.7 Å². The van der Waals surface area contributed by atoms with Gasteiger partial charge in [-0.15, -0.1) is 0 Å². The average molecular weight is 306 g/mol. The van der Waals surface area contributed by atoms with Crippen LogP contribution in [0.1, 0.15) is 6.92 Å². The lowest BCUT2D eigenvalue weighted by atomic mass is 10.3. The minimum absolute atomic E-state index is 0.190.